The number of carbonyl (C=O) groups excluding carboxylic acids is 1. The highest BCUT2D eigenvalue weighted by atomic mass is 35.5. The Hall–Kier alpha value is -1.98. The maximum absolute atomic E-state index is 13.4. The van der Waals surface area contributed by atoms with Gasteiger partial charge in [0.2, 0.25) is 0 Å². The number of rotatable bonds is 5. The van der Waals surface area contributed by atoms with Crippen LogP contribution in [-0.4, -0.2) is 37.0 Å². The highest BCUT2D eigenvalue weighted by Gasteiger charge is 2.37. The first-order chi connectivity index (χ1) is 12.9. The van der Waals surface area contributed by atoms with Gasteiger partial charge < -0.3 is 10.2 Å². The molecular weight excluding hydrogens is 382 g/mol. The van der Waals surface area contributed by atoms with Crippen LogP contribution in [0.3, 0.4) is 0 Å². The Bertz CT molecular complexity index is 790. The number of hydrogen-bond donors (Lipinski definition) is 1. The van der Waals surface area contributed by atoms with Crippen molar-refractivity contribution in [1.82, 2.24) is 10.2 Å². The van der Waals surface area contributed by atoms with Crippen molar-refractivity contribution in [3.05, 3.63) is 71.3 Å². The van der Waals surface area contributed by atoms with Crippen LogP contribution in [-0.2, 0) is 0 Å². The van der Waals surface area contributed by atoms with Crippen LogP contribution < -0.4 is 5.32 Å². The maximum Gasteiger partial charge on any atom is 0.251 e. The molecule has 0 atom stereocenters. The smallest absolute Gasteiger partial charge is 0.251 e. The van der Waals surface area contributed by atoms with E-state index >= 15 is 0 Å². The third kappa shape index (κ3) is 4.89. The van der Waals surface area contributed by atoms with E-state index in [1.807, 2.05) is 20.2 Å². The second-order valence-electron chi connectivity index (χ2n) is 7.62. The van der Waals surface area contributed by atoms with E-state index in [0.29, 0.717) is 12.5 Å². The summed E-state index contributed by atoms with van der Waals surface area (Å²) in [5.41, 5.74) is 1.39. The van der Waals surface area contributed by atoms with Gasteiger partial charge in [-0.2, -0.15) is 0 Å². The quantitative estimate of drug-likeness (QED) is 0.772. The van der Waals surface area contributed by atoms with E-state index in [9.17, 15) is 13.6 Å². The summed E-state index contributed by atoms with van der Waals surface area (Å²) in [6.07, 6.45) is 4.06. The number of hydrogen-bond acceptors (Lipinski definition) is 2. The van der Waals surface area contributed by atoms with Crippen LogP contribution in [0.4, 0.5) is 8.78 Å². The van der Waals surface area contributed by atoms with Crippen LogP contribution in [0.25, 0.3) is 0 Å². The lowest BCUT2D eigenvalue weighted by molar-refractivity contribution is 0.0768. The van der Waals surface area contributed by atoms with Crippen molar-refractivity contribution in [3.63, 3.8) is 0 Å². The van der Waals surface area contributed by atoms with Gasteiger partial charge in [-0.05, 0) is 69.5 Å². The van der Waals surface area contributed by atoms with Gasteiger partial charge in [-0.1, -0.05) is 30.3 Å². The third-order valence-corrected chi connectivity index (χ3v) is 5.90. The van der Waals surface area contributed by atoms with Gasteiger partial charge in [0.05, 0.1) is 0 Å². The largest absolute Gasteiger partial charge is 0.350 e. The van der Waals surface area contributed by atoms with E-state index < -0.39 is 11.6 Å². The van der Waals surface area contributed by atoms with Gasteiger partial charge in [-0.3, -0.25) is 4.79 Å². The number of amides is 1. The first-order valence-corrected chi connectivity index (χ1v) is 9.37. The number of likely N-dealkylation sites (N-methyl/N-ethyl adjacent to an activating group) is 1. The molecule has 3 nitrogen and oxygen atoms in total. The van der Waals surface area contributed by atoms with Crippen LogP contribution in [0.15, 0.2) is 48.5 Å². The number of halogens is 3. The molecule has 0 spiro atoms. The fourth-order valence-corrected chi connectivity index (χ4v) is 3.98. The minimum Gasteiger partial charge on any atom is -0.350 e. The van der Waals surface area contributed by atoms with Crippen LogP contribution in [0.1, 0.15) is 47.5 Å². The van der Waals surface area contributed by atoms with Crippen LogP contribution in [0.5, 0.6) is 0 Å². The van der Waals surface area contributed by atoms with E-state index in [1.165, 1.54) is 11.6 Å². The Labute approximate surface area is 171 Å². The molecule has 0 radical (unpaired) electrons. The molecule has 0 bridgehead atoms. The second-order valence-corrected chi connectivity index (χ2v) is 7.62. The zero-order valence-electron chi connectivity index (χ0n) is 16.3. The summed E-state index contributed by atoms with van der Waals surface area (Å²) in [7, 11) is 4.07. The molecule has 0 saturated heterocycles. The molecule has 0 unspecified atom stereocenters. The van der Waals surface area contributed by atoms with E-state index in [1.54, 1.807) is 0 Å². The summed E-state index contributed by atoms with van der Waals surface area (Å²) in [4.78, 5) is 14.6. The molecule has 2 aromatic carbocycles. The average Bonchev–Trinajstić information content (AvgIpc) is 2.69. The van der Waals surface area contributed by atoms with Gasteiger partial charge in [0, 0.05) is 17.6 Å². The predicted molar refractivity (Wildman–Crippen MR) is 110 cm³/mol. The second kappa shape index (κ2) is 9.48. The molecule has 152 valence electrons. The summed E-state index contributed by atoms with van der Waals surface area (Å²) in [5.74, 6) is -1.79. The van der Waals surface area contributed by atoms with E-state index in [-0.39, 0.29) is 29.4 Å². The molecule has 1 amide bonds. The lowest BCUT2D eigenvalue weighted by atomic mass is 9.73. The Morgan fingerprint density at radius 1 is 1.07 bits per heavy atom. The van der Waals surface area contributed by atoms with Crippen molar-refractivity contribution in [1.29, 1.82) is 0 Å². The number of nitrogens with zero attached hydrogens (tertiary/aromatic N) is 1. The van der Waals surface area contributed by atoms with Crippen molar-refractivity contribution in [2.24, 2.45) is 0 Å². The number of carbonyl (C=O) groups is 1. The molecule has 2 aromatic rings. The standard InChI is InChI=1S/C22H26F2N2O.ClH/c1-26(2)22(12-10-17(11-13-22)16-6-4-3-5-7-16)15-25-21(27)18-8-9-19(23)20(24)14-18;/h3-9,14,17H,10-13,15H2,1-2H3,(H,25,27);1H. The average molecular weight is 409 g/mol. The molecule has 6 heteroatoms. The Balaban J connectivity index is 0.00000280. The van der Waals surface area contributed by atoms with Crippen LogP contribution in [0, 0.1) is 11.6 Å². The first kappa shape index (κ1) is 22.3. The predicted octanol–water partition coefficient (Wildman–Crippen LogP) is 4.77. The van der Waals surface area contributed by atoms with Gasteiger partial charge in [0.25, 0.3) is 5.91 Å². The third-order valence-electron chi connectivity index (χ3n) is 5.90. The lowest BCUT2D eigenvalue weighted by Gasteiger charge is -2.45. The zero-order valence-corrected chi connectivity index (χ0v) is 17.1. The monoisotopic (exact) mass is 408 g/mol. The zero-order chi connectivity index (χ0) is 19.4. The molecule has 1 aliphatic carbocycles. The van der Waals surface area contributed by atoms with E-state index in [0.717, 1.165) is 37.8 Å². The highest BCUT2D eigenvalue weighted by Crippen LogP contribution is 2.40. The SMILES string of the molecule is CN(C)C1(CNC(=O)c2ccc(F)c(F)c2)CCC(c2ccccc2)CC1.Cl. The molecule has 1 fully saturated rings. The molecular formula is C22H27ClF2N2O. The molecule has 0 aromatic heterocycles. The van der Waals surface area contributed by atoms with Crippen LogP contribution in [0.2, 0.25) is 0 Å². The first-order valence-electron chi connectivity index (χ1n) is 9.37. The minimum absolute atomic E-state index is 0. The molecule has 0 heterocycles. The number of benzene rings is 2. The van der Waals surface area contributed by atoms with Crippen LogP contribution >= 0.6 is 12.4 Å². The molecule has 28 heavy (non-hydrogen) atoms. The fraction of sp³-hybridized carbons (Fsp3) is 0.409. The van der Waals surface area contributed by atoms with E-state index in [2.05, 4.69) is 34.5 Å². The molecule has 1 N–H and O–H groups in total. The molecule has 3 rings (SSSR count). The van der Waals surface area contributed by atoms with Crippen molar-refractivity contribution < 1.29 is 13.6 Å². The Morgan fingerprint density at radius 3 is 2.29 bits per heavy atom. The fourth-order valence-electron chi connectivity index (χ4n) is 3.98. The summed E-state index contributed by atoms with van der Waals surface area (Å²) >= 11 is 0. The molecule has 1 saturated carbocycles. The number of nitrogens with one attached hydrogen (secondary N) is 1. The summed E-state index contributed by atoms with van der Waals surface area (Å²) < 4.78 is 26.4. The maximum atomic E-state index is 13.4. The summed E-state index contributed by atoms with van der Waals surface area (Å²) in [6, 6.07) is 13.8. The molecule has 0 aliphatic heterocycles. The highest BCUT2D eigenvalue weighted by molar-refractivity contribution is 5.94. The van der Waals surface area contributed by atoms with Gasteiger partial charge >= 0.3 is 0 Å². The lowest BCUT2D eigenvalue weighted by Crippen LogP contribution is -2.54. The topological polar surface area (TPSA) is 32.3 Å². The van der Waals surface area contributed by atoms with Gasteiger partial charge in [-0.15, -0.1) is 12.4 Å². The van der Waals surface area contributed by atoms with E-state index in [4.69, 9.17) is 0 Å². The van der Waals surface area contributed by atoms with Gasteiger partial charge in [0.15, 0.2) is 11.6 Å². The normalized spacial score (nSPS) is 21.8. The van der Waals surface area contributed by atoms with Gasteiger partial charge in [0.1, 0.15) is 0 Å². The molecule has 1 aliphatic rings. The Morgan fingerprint density at radius 2 is 1.71 bits per heavy atom. The summed E-state index contributed by atoms with van der Waals surface area (Å²) in [5, 5.41) is 2.92. The van der Waals surface area contributed by atoms with Crippen molar-refractivity contribution in [2.45, 2.75) is 37.1 Å². The van der Waals surface area contributed by atoms with Crippen molar-refractivity contribution in [3.8, 4) is 0 Å². The van der Waals surface area contributed by atoms with Gasteiger partial charge in [-0.25, -0.2) is 8.78 Å². The van der Waals surface area contributed by atoms with Crippen molar-refractivity contribution >= 4 is 18.3 Å². The minimum atomic E-state index is -1.01. The van der Waals surface area contributed by atoms with Crippen molar-refractivity contribution in [2.75, 3.05) is 20.6 Å². The Kier molecular flexibility index (Phi) is 7.55. The summed E-state index contributed by atoms with van der Waals surface area (Å²) in [6.45, 7) is 0.485.